The first-order valence-electron chi connectivity index (χ1n) is 6.04. The molecule has 1 aliphatic rings. The standard InChI is InChI=1S/C13H17ClFNO/c14-12-9-11(1-2-13(12)15)17-8-5-10-3-6-16-7-4-10/h1-2,9-10,16H,3-8H2. The zero-order valence-electron chi connectivity index (χ0n) is 9.72. The zero-order chi connectivity index (χ0) is 12.1. The monoisotopic (exact) mass is 257 g/mol. The van der Waals surface area contributed by atoms with Crippen LogP contribution in [0.2, 0.25) is 5.02 Å². The topological polar surface area (TPSA) is 21.3 Å². The summed E-state index contributed by atoms with van der Waals surface area (Å²) < 4.78 is 18.5. The Bertz CT molecular complexity index is 366. The van der Waals surface area contributed by atoms with Gasteiger partial charge < -0.3 is 10.1 Å². The smallest absolute Gasteiger partial charge is 0.142 e. The normalized spacial score (nSPS) is 17.1. The van der Waals surface area contributed by atoms with E-state index in [4.69, 9.17) is 16.3 Å². The molecular weight excluding hydrogens is 241 g/mol. The summed E-state index contributed by atoms with van der Waals surface area (Å²) in [6.45, 7) is 2.88. The van der Waals surface area contributed by atoms with Gasteiger partial charge in [-0.15, -0.1) is 0 Å². The average molecular weight is 258 g/mol. The lowest BCUT2D eigenvalue weighted by molar-refractivity contribution is 0.251. The minimum Gasteiger partial charge on any atom is -0.494 e. The summed E-state index contributed by atoms with van der Waals surface area (Å²) in [7, 11) is 0. The van der Waals surface area contributed by atoms with E-state index >= 15 is 0 Å². The molecule has 2 rings (SSSR count). The van der Waals surface area contributed by atoms with Crippen LogP contribution in [0, 0.1) is 11.7 Å². The van der Waals surface area contributed by atoms with Crippen molar-refractivity contribution in [3.05, 3.63) is 29.0 Å². The van der Waals surface area contributed by atoms with Gasteiger partial charge in [-0.2, -0.15) is 0 Å². The molecule has 1 fully saturated rings. The summed E-state index contributed by atoms with van der Waals surface area (Å²) in [6.07, 6.45) is 3.48. The Morgan fingerprint density at radius 1 is 1.35 bits per heavy atom. The fourth-order valence-corrected chi connectivity index (χ4v) is 2.25. The van der Waals surface area contributed by atoms with E-state index in [2.05, 4.69) is 5.32 Å². The first-order valence-corrected chi connectivity index (χ1v) is 6.42. The van der Waals surface area contributed by atoms with E-state index in [1.54, 1.807) is 6.07 Å². The molecule has 1 aromatic rings. The Balaban J connectivity index is 1.75. The third-order valence-corrected chi connectivity index (χ3v) is 3.43. The van der Waals surface area contributed by atoms with Crippen LogP contribution in [0.3, 0.4) is 0 Å². The molecule has 0 unspecified atom stereocenters. The summed E-state index contributed by atoms with van der Waals surface area (Å²) in [6, 6.07) is 4.48. The van der Waals surface area contributed by atoms with Gasteiger partial charge in [0.25, 0.3) is 0 Å². The maximum absolute atomic E-state index is 12.9. The van der Waals surface area contributed by atoms with Gasteiger partial charge in [-0.05, 0) is 50.4 Å². The van der Waals surface area contributed by atoms with Crippen LogP contribution in [0.25, 0.3) is 0 Å². The molecule has 0 aromatic heterocycles. The van der Waals surface area contributed by atoms with Gasteiger partial charge in [0.1, 0.15) is 11.6 Å². The number of nitrogens with one attached hydrogen (secondary N) is 1. The third kappa shape index (κ3) is 3.86. The number of halogens is 2. The van der Waals surface area contributed by atoms with Crippen molar-refractivity contribution in [1.29, 1.82) is 0 Å². The molecule has 0 spiro atoms. The Kier molecular flexibility index (Phi) is 4.63. The molecule has 1 saturated heterocycles. The minimum absolute atomic E-state index is 0.115. The molecule has 0 radical (unpaired) electrons. The summed E-state index contributed by atoms with van der Waals surface area (Å²) in [5.41, 5.74) is 0. The lowest BCUT2D eigenvalue weighted by atomic mass is 9.95. The van der Waals surface area contributed by atoms with Crippen LogP contribution in [-0.4, -0.2) is 19.7 Å². The van der Waals surface area contributed by atoms with E-state index in [1.165, 1.54) is 25.0 Å². The maximum Gasteiger partial charge on any atom is 0.142 e. The molecule has 0 atom stereocenters. The van der Waals surface area contributed by atoms with Gasteiger partial charge in [0.2, 0.25) is 0 Å². The van der Waals surface area contributed by atoms with Crippen LogP contribution >= 0.6 is 11.6 Å². The molecule has 17 heavy (non-hydrogen) atoms. The van der Waals surface area contributed by atoms with Crippen LogP contribution in [0.4, 0.5) is 4.39 Å². The van der Waals surface area contributed by atoms with Gasteiger partial charge in [-0.25, -0.2) is 4.39 Å². The van der Waals surface area contributed by atoms with Crippen molar-refractivity contribution in [2.24, 2.45) is 5.92 Å². The van der Waals surface area contributed by atoms with Crippen LogP contribution < -0.4 is 10.1 Å². The Morgan fingerprint density at radius 2 is 2.12 bits per heavy atom. The van der Waals surface area contributed by atoms with E-state index < -0.39 is 5.82 Å². The van der Waals surface area contributed by atoms with E-state index in [0.29, 0.717) is 12.4 Å². The fourth-order valence-electron chi connectivity index (χ4n) is 2.08. The van der Waals surface area contributed by atoms with Gasteiger partial charge in [0.15, 0.2) is 0 Å². The molecule has 0 aliphatic carbocycles. The molecule has 4 heteroatoms. The molecule has 2 nitrogen and oxygen atoms in total. The maximum atomic E-state index is 12.9. The number of hydrogen-bond acceptors (Lipinski definition) is 2. The van der Waals surface area contributed by atoms with E-state index in [-0.39, 0.29) is 5.02 Å². The van der Waals surface area contributed by atoms with Crippen LogP contribution in [0.1, 0.15) is 19.3 Å². The first kappa shape index (κ1) is 12.7. The van der Waals surface area contributed by atoms with Gasteiger partial charge in [0.05, 0.1) is 11.6 Å². The number of hydrogen-bond donors (Lipinski definition) is 1. The summed E-state index contributed by atoms with van der Waals surface area (Å²) in [5.74, 6) is 0.981. The summed E-state index contributed by atoms with van der Waals surface area (Å²) >= 11 is 5.68. The molecule has 1 heterocycles. The average Bonchev–Trinajstić information content (AvgIpc) is 2.35. The van der Waals surface area contributed by atoms with Gasteiger partial charge >= 0.3 is 0 Å². The van der Waals surface area contributed by atoms with E-state index in [9.17, 15) is 4.39 Å². The molecule has 0 bridgehead atoms. The molecule has 1 aromatic carbocycles. The molecule has 94 valence electrons. The predicted octanol–water partition coefficient (Wildman–Crippen LogP) is 3.25. The molecule has 0 saturated carbocycles. The molecule has 1 aliphatic heterocycles. The van der Waals surface area contributed by atoms with Gasteiger partial charge in [-0.1, -0.05) is 11.6 Å². The molecule has 0 amide bonds. The van der Waals surface area contributed by atoms with Crippen LogP contribution in [-0.2, 0) is 0 Å². The summed E-state index contributed by atoms with van der Waals surface area (Å²) in [5, 5.41) is 3.45. The Morgan fingerprint density at radius 3 is 2.82 bits per heavy atom. The Hall–Kier alpha value is -0.800. The summed E-state index contributed by atoms with van der Waals surface area (Å²) in [4.78, 5) is 0. The van der Waals surface area contributed by atoms with Crippen LogP contribution in [0.15, 0.2) is 18.2 Å². The predicted molar refractivity (Wildman–Crippen MR) is 67.1 cm³/mol. The van der Waals surface area contributed by atoms with Gasteiger partial charge in [-0.3, -0.25) is 0 Å². The SMILES string of the molecule is Fc1ccc(OCCC2CCNCC2)cc1Cl. The van der Waals surface area contributed by atoms with E-state index in [1.807, 2.05) is 0 Å². The van der Waals surface area contributed by atoms with Crippen molar-refractivity contribution in [3.8, 4) is 5.75 Å². The van der Waals surface area contributed by atoms with Crippen molar-refractivity contribution in [2.75, 3.05) is 19.7 Å². The first-order chi connectivity index (χ1) is 8.25. The fraction of sp³-hybridized carbons (Fsp3) is 0.538. The number of piperidine rings is 1. The van der Waals surface area contributed by atoms with Crippen LogP contribution in [0.5, 0.6) is 5.75 Å². The van der Waals surface area contributed by atoms with Gasteiger partial charge in [0, 0.05) is 6.07 Å². The lowest BCUT2D eigenvalue weighted by Crippen LogP contribution is -2.28. The highest BCUT2D eigenvalue weighted by molar-refractivity contribution is 6.30. The van der Waals surface area contributed by atoms with Crippen molar-refractivity contribution in [3.63, 3.8) is 0 Å². The highest BCUT2D eigenvalue weighted by Crippen LogP contribution is 2.22. The quantitative estimate of drug-likeness (QED) is 0.894. The second-order valence-electron chi connectivity index (χ2n) is 4.41. The molecular formula is C13H17ClFNO. The van der Waals surface area contributed by atoms with Crippen molar-refractivity contribution < 1.29 is 9.13 Å². The van der Waals surface area contributed by atoms with Crippen molar-refractivity contribution in [2.45, 2.75) is 19.3 Å². The highest BCUT2D eigenvalue weighted by Gasteiger charge is 2.12. The number of ether oxygens (including phenoxy) is 1. The number of rotatable bonds is 4. The second-order valence-corrected chi connectivity index (χ2v) is 4.81. The highest BCUT2D eigenvalue weighted by atomic mass is 35.5. The lowest BCUT2D eigenvalue weighted by Gasteiger charge is -2.22. The van der Waals surface area contributed by atoms with E-state index in [0.717, 1.165) is 25.4 Å². The molecule has 1 N–H and O–H groups in total. The second kappa shape index (κ2) is 6.22. The minimum atomic E-state index is -0.405. The Labute approximate surface area is 106 Å². The third-order valence-electron chi connectivity index (χ3n) is 3.14. The largest absolute Gasteiger partial charge is 0.494 e. The number of benzene rings is 1. The van der Waals surface area contributed by atoms with Crippen molar-refractivity contribution in [1.82, 2.24) is 5.32 Å². The zero-order valence-corrected chi connectivity index (χ0v) is 10.5. The van der Waals surface area contributed by atoms with Crippen molar-refractivity contribution >= 4 is 11.6 Å².